The van der Waals surface area contributed by atoms with Gasteiger partial charge in [0.2, 0.25) is 11.7 Å². The number of urea groups is 1. The highest BCUT2D eigenvalue weighted by Gasteiger charge is 2.17. The molecule has 1 heterocycles. The molecule has 2 rings (SSSR count). The van der Waals surface area contributed by atoms with Crippen LogP contribution in [0, 0.1) is 0 Å². The van der Waals surface area contributed by atoms with Gasteiger partial charge in [0, 0.05) is 19.2 Å². The standard InChI is InChI=1S/C16H20N4O4/c1-5-8-20(16(21)17-2)10-14-18-15(19-24-14)11-6-7-12(22-3)13(9-11)23-4/h5-7,9H,1,8,10H2,2-4H3,(H,17,21). The molecule has 0 saturated heterocycles. The Balaban J connectivity index is 2.21. The number of methoxy groups -OCH3 is 2. The topological polar surface area (TPSA) is 89.7 Å². The first-order valence-corrected chi connectivity index (χ1v) is 7.25. The largest absolute Gasteiger partial charge is 0.493 e. The lowest BCUT2D eigenvalue weighted by atomic mass is 10.2. The van der Waals surface area contributed by atoms with Gasteiger partial charge in [-0.25, -0.2) is 4.79 Å². The number of benzene rings is 1. The third-order valence-corrected chi connectivity index (χ3v) is 3.29. The fourth-order valence-corrected chi connectivity index (χ4v) is 2.11. The van der Waals surface area contributed by atoms with E-state index in [0.717, 1.165) is 5.56 Å². The summed E-state index contributed by atoms with van der Waals surface area (Å²) >= 11 is 0. The number of hydrogen-bond donors (Lipinski definition) is 1. The van der Waals surface area contributed by atoms with Crippen LogP contribution in [0.3, 0.4) is 0 Å². The molecule has 1 N–H and O–H groups in total. The highest BCUT2D eigenvalue weighted by Crippen LogP contribution is 2.31. The quantitative estimate of drug-likeness (QED) is 0.781. The Bertz CT molecular complexity index is 714. The summed E-state index contributed by atoms with van der Waals surface area (Å²) in [5, 5.41) is 6.50. The first-order valence-electron chi connectivity index (χ1n) is 7.25. The van der Waals surface area contributed by atoms with E-state index in [1.54, 1.807) is 45.5 Å². The van der Waals surface area contributed by atoms with Crippen LogP contribution in [-0.4, -0.2) is 48.9 Å². The minimum atomic E-state index is -0.249. The predicted octanol–water partition coefficient (Wildman–Crippen LogP) is 2.08. The van der Waals surface area contributed by atoms with Crippen molar-refractivity contribution in [2.24, 2.45) is 0 Å². The van der Waals surface area contributed by atoms with Gasteiger partial charge < -0.3 is 24.2 Å². The zero-order chi connectivity index (χ0) is 17.5. The summed E-state index contributed by atoms with van der Waals surface area (Å²) in [5.41, 5.74) is 0.720. The van der Waals surface area contributed by atoms with Gasteiger partial charge in [0.25, 0.3) is 0 Å². The lowest BCUT2D eigenvalue weighted by Crippen LogP contribution is -2.37. The van der Waals surface area contributed by atoms with Crippen molar-refractivity contribution < 1.29 is 18.8 Å². The molecule has 0 aliphatic heterocycles. The fraction of sp³-hybridized carbons (Fsp3) is 0.312. The number of nitrogens with one attached hydrogen (secondary N) is 1. The van der Waals surface area contributed by atoms with E-state index in [4.69, 9.17) is 14.0 Å². The van der Waals surface area contributed by atoms with E-state index in [9.17, 15) is 4.79 Å². The number of hydrogen-bond acceptors (Lipinski definition) is 6. The predicted molar refractivity (Wildman–Crippen MR) is 87.9 cm³/mol. The van der Waals surface area contributed by atoms with Gasteiger partial charge in [-0.2, -0.15) is 4.98 Å². The van der Waals surface area contributed by atoms with Crippen LogP contribution in [0.5, 0.6) is 11.5 Å². The molecule has 8 heteroatoms. The van der Waals surface area contributed by atoms with E-state index in [1.807, 2.05) is 0 Å². The highest BCUT2D eigenvalue weighted by molar-refractivity contribution is 5.73. The number of rotatable bonds is 7. The number of amides is 2. The molecule has 0 unspecified atom stereocenters. The number of ether oxygens (including phenoxy) is 2. The second-order valence-corrected chi connectivity index (χ2v) is 4.81. The maximum absolute atomic E-state index is 11.8. The van der Waals surface area contributed by atoms with E-state index < -0.39 is 0 Å². The summed E-state index contributed by atoms with van der Waals surface area (Å²) in [6, 6.07) is 5.07. The van der Waals surface area contributed by atoms with Crippen LogP contribution in [-0.2, 0) is 6.54 Å². The Morgan fingerprint density at radius 3 is 2.75 bits per heavy atom. The van der Waals surface area contributed by atoms with Crippen LogP contribution in [0.15, 0.2) is 35.4 Å². The van der Waals surface area contributed by atoms with E-state index >= 15 is 0 Å². The zero-order valence-electron chi connectivity index (χ0n) is 13.9. The maximum atomic E-state index is 11.8. The third-order valence-electron chi connectivity index (χ3n) is 3.29. The molecule has 0 bridgehead atoms. The van der Waals surface area contributed by atoms with Crippen LogP contribution in [0.1, 0.15) is 5.89 Å². The summed E-state index contributed by atoms with van der Waals surface area (Å²) in [5.74, 6) is 1.91. The van der Waals surface area contributed by atoms with Gasteiger partial charge in [-0.1, -0.05) is 11.2 Å². The van der Waals surface area contributed by atoms with Crippen molar-refractivity contribution in [2.45, 2.75) is 6.54 Å². The van der Waals surface area contributed by atoms with Crippen LogP contribution in [0.2, 0.25) is 0 Å². The van der Waals surface area contributed by atoms with Crippen molar-refractivity contribution >= 4 is 6.03 Å². The summed E-state index contributed by atoms with van der Waals surface area (Å²) < 4.78 is 15.7. The van der Waals surface area contributed by atoms with Crippen LogP contribution in [0.25, 0.3) is 11.4 Å². The maximum Gasteiger partial charge on any atom is 0.317 e. The van der Waals surface area contributed by atoms with E-state index in [1.165, 1.54) is 4.90 Å². The second-order valence-electron chi connectivity index (χ2n) is 4.81. The molecule has 0 saturated carbocycles. The van der Waals surface area contributed by atoms with Gasteiger partial charge in [0.15, 0.2) is 11.5 Å². The molecule has 24 heavy (non-hydrogen) atoms. The van der Waals surface area contributed by atoms with Gasteiger partial charge in [-0.15, -0.1) is 6.58 Å². The molecule has 2 amide bonds. The lowest BCUT2D eigenvalue weighted by molar-refractivity contribution is 0.195. The molecule has 1 aromatic heterocycles. The van der Waals surface area contributed by atoms with Crippen molar-refractivity contribution in [3.8, 4) is 22.9 Å². The molecule has 0 atom stereocenters. The summed E-state index contributed by atoms with van der Waals surface area (Å²) in [6.45, 7) is 4.19. The summed E-state index contributed by atoms with van der Waals surface area (Å²) in [7, 11) is 4.68. The van der Waals surface area contributed by atoms with Crippen molar-refractivity contribution in [1.29, 1.82) is 0 Å². The van der Waals surface area contributed by atoms with E-state index in [0.29, 0.717) is 29.8 Å². The molecule has 0 spiro atoms. The van der Waals surface area contributed by atoms with Gasteiger partial charge in [-0.3, -0.25) is 0 Å². The van der Waals surface area contributed by atoms with Gasteiger partial charge in [0.1, 0.15) is 6.54 Å². The fourth-order valence-electron chi connectivity index (χ4n) is 2.11. The van der Waals surface area contributed by atoms with Crippen molar-refractivity contribution in [2.75, 3.05) is 27.8 Å². The Kier molecular flexibility index (Phi) is 5.78. The monoisotopic (exact) mass is 332 g/mol. The molecule has 128 valence electrons. The summed E-state index contributed by atoms with van der Waals surface area (Å²) in [4.78, 5) is 17.6. The van der Waals surface area contributed by atoms with Gasteiger partial charge in [-0.05, 0) is 18.2 Å². The third kappa shape index (κ3) is 3.83. The Morgan fingerprint density at radius 2 is 2.12 bits per heavy atom. The van der Waals surface area contributed by atoms with Crippen LogP contribution < -0.4 is 14.8 Å². The van der Waals surface area contributed by atoms with Crippen molar-refractivity contribution in [3.05, 3.63) is 36.7 Å². The second kappa shape index (κ2) is 8.00. The Labute approximate surface area is 140 Å². The minimum Gasteiger partial charge on any atom is -0.493 e. The number of carbonyl (C=O) groups excluding carboxylic acids is 1. The molecule has 8 nitrogen and oxygen atoms in total. The van der Waals surface area contributed by atoms with Crippen LogP contribution >= 0.6 is 0 Å². The number of nitrogens with zero attached hydrogens (tertiary/aromatic N) is 3. The molecular formula is C16H20N4O4. The normalized spacial score (nSPS) is 10.1. The zero-order valence-corrected chi connectivity index (χ0v) is 13.9. The van der Waals surface area contributed by atoms with Crippen LogP contribution in [0.4, 0.5) is 4.79 Å². The van der Waals surface area contributed by atoms with Crippen molar-refractivity contribution in [3.63, 3.8) is 0 Å². The average Bonchev–Trinajstić information content (AvgIpc) is 3.08. The number of carbonyl (C=O) groups is 1. The van der Waals surface area contributed by atoms with Gasteiger partial charge in [0.05, 0.1) is 14.2 Å². The smallest absolute Gasteiger partial charge is 0.317 e. The highest BCUT2D eigenvalue weighted by atomic mass is 16.5. The van der Waals surface area contributed by atoms with E-state index in [-0.39, 0.29) is 12.6 Å². The average molecular weight is 332 g/mol. The molecule has 2 aromatic rings. The summed E-state index contributed by atoms with van der Waals surface area (Å²) in [6.07, 6.45) is 1.63. The molecule has 0 fully saturated rings. The van der Waals surface area contributed by atoms with Gasteiger partial charge >= 0.3 is 6.03 Å². The lowest BCUT2D eigenvalue weighted by Gasteiger charge is -2.17. The minimum absolute atomic E-state index is 0.186. The molecule has 0 radical (unpaired) electrons. The first-order chi connectivity index (χ1) is 11.6. The molecule has 1 aromatic carbocycles. The molecular weight excluding hydrogens is 312 g/mol. The molecule has 0 aliphatic rings. The SMILES string of the molecule is C=CCN(Cc1nc(-c2ccc(OC)c(OC)c2)no1)C(=O)NC. The van der Waals surface area contributed by atoms with E-state index in [2.05, 4.69) is 22.0 Å². The van der Waals surface area contributed by atoms with Crippen molar-refractivity contribution in [1.82, 2.24) is 20.4 Å². The Hall–Kier alpha value is -3.03. The molecule has 0 aliphatic carbocycles. The first kappa shape index (κ1) is 17.3. The Morgan fingerprint density at radius 1 is 1.38 bits per heavy atom. The number of aromatic nitrogens is 2.